The SMILES string of the molecule is NCCCCC(NC(=O)C1CCCN1C(=O)C(NC(=O)Cc1ccc(O)cc1)c1ccc(O)cc1)C(=O)NC(CCCN=C(N)N)C(N)=O. The Morgan fingerprint density at radius 2 is 1.47 bits per heavy atom. The Balaban J connectivity index is 1.76. The lowest BCUT2D eigenvalue weighted by atomic mass is 10.0. The second kappa shape index (κ2) is 18.8. The van der Waals surface area contributed by atoms with Crippen LogP contribution in [0.5, 0.6) is 11.5 Å². The van der Waals surface area contributed by atoms with E-state index < -0.39 is 53.7 Å². The van der Waals surface area contributed by atoms with Crippen LogP contribution in [-0.4, -0.2) is 88.4 Å². The predicted octanol–water partition coefficient (Wildman–Crippen LogP) is -0.874. The second-order valence-electron chi connectivity index (χ2n) is 11.9. The molecule has 4 unspecified atom stereocenters. The quantitative estimate of drug-likeness (QED) is 0.0532. The van der Waals surface area contributed by atoms with Crippen LogP contribution < -0.4 is 38.9 Å². The van der Waals surface area contributed by atoms with Crippen LogP contribution in [0.1, 0.15) is 62.1 Å². The summed E-state index contributed by atoms with van der Waals surface area (Å²) in [6.07, 6.45) is 2.58. The maximum absolute atomic E-state index is 14.1. The number of rotatable bonds is 18. The van der Waals surface area contributed by atoms with Gasteiger partial charge in [0.1, 0.15) is 35.7 Å². The fourth-order valence-electron chi connectivity index (χ4n) is 5.53. The molecule has 0 radical (unpaired) electrons. The molecule has 266 valence electrons. The molecule has 1 saturated heterocycles. The molecule has 2 aromatic carbocycles. The highest BCUT2D eigenvalue weighted by atomic mass is 16.3. The fraction of sp³-hybridized carbons (Fsp3) is 0.455. The van der Waals surface area contributed by atoms with E-state index in [-0.39, 0.29) is 49.8 Å². The molecule has 0 aromatic heterocycles. The maximum atomic E-state index is 14.1. The standard InChI is InChI=1S/C33H47N9O7/c34-16-2-1-5-25(30(47)39-24(29(35)46)6-3-17-38-33(36)37)40-31(48)26-7-4-18-42(26)32(49)28(21-10-14-23(44)15-11-21)41-27(45)19-20-8-12-22(43)13-9-20/h8-15,24-26,28,43-44H,1-7,16-19,34H2,(H2,35,46)(H,39,47)(H,40,48)(H,41,45)(H4,36,37,38). The topological polar surface area (TPSA) is 282 Å². The third-order valence-corrected chi connectivity index (χ3v) is 8.10. The summed E-state index contributed by atoms with van der Waals surface area (Å²) >= 11 is 0. The number of carbonyl (C=O) groups is 5. The zero-order valence-corrected chi connectivity index (χ0v) is 27.3. The van der Waals surface area contributed by atoms with Gasteiger partial charge in [0.15, 0.2) is 5.96 Å². The molecule has 5 amide bonds. The van der Waals surface area contributed by atoms with E-state index in [1.807, 2.05) is 0 Å². The summed E-state index contributed by atoms with van der Waals surface area (Å²) in [7, 11) is 0. The number of nitrogens with zero attached hydrogens (tertiary/aromatic N) is 2. The number of phenols is 2. The molecule has 2 aromatic rings. The first-order valence-corrected chi connectivity index (χ1v) is 16.2. The van der Waals surface area contributed by atoms with E-state index in [1.165, 1.54) is 41.3 Å². The van der Waals surface area contributed by atoms with Gasteiger partial charge >= 0.3 is 0 Å². The van der Waals surface area contributed by atoms with Gasteiger partial charge < -0.3 is 54.0 Å². The van der Waals surface area contributed by atoms with Gasteiger partial charge in [0, 0.05) is 13.1 Å². The van der Waals surface area contributed by atoms with Gasteiger partial charge in [-0.15, -0.1) is 0 Å². The molecule has 3 rings (SSSR count). The Bertz CT molecular complexity index is 1460. The second-order valence-corrected chi connectivity index (χ2v) is 11.9. The number of hydrogen-bond donors (Lipinski definition) is 9. The summed E-state index contributed by atoms with van der Waals surface area (Å²) < 4.78 is 0. The molecule has 4 atom stereocenters. The number of primary amides is 1. The zero-order valence-electron chi connectivity index (χ0n) is 27.3. The van der Waals surface area contributed by atoms with Crippen molar-refractivity contribution < 1.29 is 34.2 Å². The van der Waals surface area contributed by atoms with Crippen LogP contribution in [0.15, 0.2) is 53.5 Å². The molecule has 0 bridgehead atoms. The highest BCUT2D eigenvalue weighted by molar-refractivity contribution is 5.96. The molecule has 0 saturated carbocycles. The first-order valence-electron chi connectivity index (χ1n) is 16.2. The van der Waals surface area contributed by atoms with Crippen molar-refractivity contribution in [1.29, 1.82) is 0 Å². The molecule has 1 aliphatic heterocycles. The number of nitrogens with one attached hydrogen (secondary N) is 3. The lowest BCUT2D eigenvalue weighted by Crippen LogP contribution is -2.56. The van der Waals surface area contributed by atoms with Crippen molar-refractivity contribution in [3.05, 3.63) is 59.7 Å². The molecule has 13 N–H and O–H groups in total. The molecular formula is C33H47N9O7. The molecular weight excluding hydrogens is 634 g/mol. The first-order chi connectivity index (χ1) is 23.4. The fourth-order valence-corrected chi connectivity index (χ4v) is 5.53. The van der Waals surface area contributed by atoms with Crippen molar-refractivity contribution >= 4 is 35.5 Å². The minimum Gasteiger partial charge on any atom is -0.508 e. The van der Waals surface area contributed by atoms with Gasteiger partial charge in [0.25, 0.3) is 0 Å². The molecule has 1 fully saturated rings. The van der Waals surface area contributed by atoms with E-state index >= 15 is 0 Å². The number of benzene rings is 2. The van der Waals surface area contributed by atoms with Gasteiger partial charge in [-0.25, -0.2) is 0 Å². The number of unbranched alkanes of at least 4 members (excludes halogenated alkanes) is 1. The third-order valence-electron chi connectivity index (χ3n) is 8.10. The Morgan fingerprint density at radius 1 is 0.837 bits per heavy atom. The molecule has 49 heavy (non-hydrogen) atoms. The molecule has 0 spiro atoms. The predicted molar refractivity (Wildman–Crippen MR) is 181 cm³/mol. The van der Waals surface area contributed by atoms with Crippen LogP contribution in [0.3, 0.4) is 0 Å². The van der Waals surface area contributed by atoms with E-state index in [9.17, 15) is 34.2 Å². The number of guanidine groups is 1. The van der Waals surface area contributed by atoms with Crippen LogP contribution in [0.4, 0.5) is 0 Å². The van der Waals surface area contributed by atoms with E-state index in [0.29, 0.717) is 49.8 Å². The highest BCUT2D eigenvalue weighted by Crippen LogP contribution is 2.26. The summed E-state index contributed by atoms with van der Waals surface area (Å²) in [6, 6.07) is 7.66. The van der Waals surface area contributed by atoms with Gasteiger partial charge in [-0.3, -0.25) is 29.0 Å². The average molecular weight is 682 g/mol. The van der Waals surface area contributed by atoms with Crippen molar-refractivity contribution in [1.82, 2.24) is 20.9 Å². The molecule has 1 aliphatic rings. The third kappa shape index (κ3) is 12.0. The van der Waals surface area contributed by atoms with E-state index in [1.54, 1.807) is 12.1 Å². The minimum atomic E-state index is -1.18. The van der Waals surface area contributed by atoms with Gasteiger partial charge in [-0.2, -0.15) is 0 Å². The van der Waals surface area contributed by atoms with Crippen LogP contribution in [0, 0.1) is 0 Å². The molecule has 1 heterocycles. The van der Waals surface area contributed by atoms with Crippen molar-refractivity contribution in [2.24, 2.45) is 27.9 Å². The summed E-state index contributed by atoms with van der Waals surface area (Å²) in [5, 5.41) is 27.5. The Hall–Kier alpha value is -5.38. The smallest absolute Gasteiger partial charge is 0.250 e. The van der Waals surface area contributed by atoms with Gasteiger partial charge in [0.2, 0.25) is 29.5 Å². The van der Waals surface area contributed by atoms with Crippen molar-refractivity contribution in [3.8, 4) is 11.5 Å². The number of aromatic hydroxyl groups is 2. The average Bonchev–Trinajstić information content (AvgIpc) is 3.56. The van der Waals surface area contributed by atoms with E-state index in [2.05, 4.69) is 20.9 Å². The molecule has 16 nitrogen and oxygen atoms in total. The summed E-state index contributed by atoms with van der Waals surface area (Å²) in [4.78, 5) is 71.6. The van der Waals surface area contributed by atoms with Gasteiger partial charge in [0.05, 0.1) is 6.42 Å². The zero-order chi connectivity index (χ0) is 35.9. The van der Waals surface area contributed by atoms with E-state index in [4.69, 9.17) is 22.9 Å². The number of phenolic OH excluding ortho intramolecular Hbond substituents is 2. The number of carbonyl (C=O) groups excluding carboxylic acids is 5. The highest BCUT2D eigenvalue weighted by Gasteiger charge is 2.39. The van der Waals surface area contributed by atoms with Gasteiger partial charge in [-0.05, 0) is 86.9 Å². The minimum absolute atomic E-state index is 0.0323. The number of aliphatic imine (C=N–C) groups is 1. The molecule has 0 aliphatic carbocycles. The number of nitrogens with two attached hydrogens (primary N) is 4. The lowest BCUT2D eigenvalue weighted by Gasteiger charge is -2.30. The number of likely N-dealkylation sites (tertiary alicyclic amines) is 1. The lowest BCUT2D eigenvalue weighted by molar-refractivity contribution is -0.142. The van der Waals surface area contributed by atoms with Crippen molar-refractivity contribution in [3.63, 3.8) is 0 Å². The van der Waals surface area contributed by atoms with Crippen LogP contribution in [0.25, 0.3) is 0 Å². The number of amides is 5. The Kier molecular flexibility index (Phi) is 14.6. The summed E-state index contributed by atoms with van der Waals surface area (Å²) in [5.74, 6) is -3.05. The Labute approximate surface area is 284 Å². The Morgan fingerprint density at radius 3 is 2.08 bits per heavy atom. The molecule has 16 heteroatoms. The normalized spacial score (nSPS) is 15.8. The van der Waals surface area contributed by atoms with Crippen LogP contribution in [-0.2, 0) is 30.4 Å². The first kappa shape index (κ1) is 38.1. The van der Waals surface area contributed by atoms with E-state index in [0.717, 1.165) is 0 Å². The van der Waals surface area contributed by atoms with Crippen LogP contribution >= 0.6 is 0 Å². The van der Waals surface area contributed by atoms with Crippen molar-refractivity contribution in [2.45, 2.75) is 75.5 Å². The summed E-state index contributed by atoms with van der Waals surface area (Å²) in [6.45, 7) is 0.828. The summed E-state index contributed by atoms with van der Waals surface area (Å²) in [5.41, 5.74) is 22.8. The number of hydrogen-bond acceptors (Lipinski definition) is 9. The van der Waals surface area contributed by atoms with Gasteiger partial charge in [-0.1, -0.05) is 24.3 Å². The largest absolute Gasteiger partial charge is 0.508 e. The van der Waals surface area contributed by atoms with Crippen LogP contribution in [0.2, 0.25) is 0 Å². The monoisotopic (exact) mass is 681 g/mol. The maximum Gasteiger partial charge on any atom is 0.250 e. The van der Waals surface area contributed by atoms with Crippen molar-refractivity contribution in [2.75, 3.05) is 19.6 Å².